The van der Waals surface area contributed by atoms with Crippen molar-refractivity contribution >= 4 is 23.2 Å². The minimum absolute atomic E-state index is 0.849. The Morgan fingerprint density at radius 1 is 1.50 bits per heavy atom. The van der Waals surface area contributed by atoms with Crippen molar-refractivity contribution in [1.82, 2.24) is 0 Å². The Kier molecular flexibility index (Phi) is 4.33. The van der Waals surface area contributed by atoms with E-state index in [1.807, 2.05) is 37.0 Å². The van der Waals surface area contributed by atoms with Gasteiger partial charge in [-0.2, -0.15) is 0 Å². The molecule has 1 unspecified atom stereocenters. The van der Waals surface area contributed by atoms with Gasteiger partial charge in [0.1, 0.15) is 0 Å². The second-order valence-corrected chi connectivity index (χ2v) is 5.96. The summed E-state index contributed by atoms with van der Waals surface area (Å²) in [6.07, 6.45) is 0.923. The Balaban J connectivity index is 3.05. The van der Waals surface area contributed by atoms with E-state index in [9.17, 15) is 4.19 Å². The van der Waals surface area contributed by atoms with Gasteiger partial charge in [-0.1, -0.05) is 0 Å². The van der Waals surface area contributed by atoms with Crippen molar-refractivity contribution in [2.45, 2.75) is 20.3 Å². The Hall–Kier alpha value is -0.631. The van der Waals surface area contributed by atoms with Gasteiger partial charge in [0.2, 0.25) is 0 Å². The molecule has 0 aliphatic heterocycles. The van der Waals surface area contributed by atoms with Crippen molar-refractivity contribution in [2.75, 3.05) is 7.11 Å². The number of hydrogen-bond acceptors (Lipinski definition) is 2. The zero-order chi connectivity index (χ0) is 10.6. The average Bonchev–Trinajstić information content (AvgIpc) is 2.17. The van der Waals surface area contributed by atoms with Crippen molar-refractivity contribution in [3.8, 4) is 5.75 Å². The molecule has 1 atom stereocenters. The molecular formula is C11H16O2Se. The monoisotopic (exact) mass is 260 g/mol. The molecule has 1 N–H and O–H groups in total. The van der Waals surface area contributed by atoms with Gasteiger partial charge >= 0.3 is 89.0 Å². The first-order valence-corrected chi connectivity index (χ1v) is 7.20. The molecule has 0 bridgehead atoms. The standard InChI is InChI=1S/C11H16O2Se/c1-4-7-14(12)11-6-5-10(13-3)8-9(11)2/h5-8,12H,4H2,1-3H3. The van der Waals surface area contributed by atoms with Crippen LogP contribution in [0.3, 0.4) is 0 Å². The fourth-order valence-corrected chi connectivity index (χ4v) is 3.52. The van der Waals surface area contributed by atoms with E-state index < -0.39 is 13.8 Å². The number of ether oxygens (including phenoxy) is 1. The molecule has 0 aromatic heterocycles. The summed E-state index contributed by atoms with van der Waals surface area (Å²) in [5.41, 5.74) is 1.11. The summed E-state index contributed by atoms with van der Waals surface area (Å²) in [6.45, 7) is 4.06. The molecule has 1 aromatic carbocycles. The molecule has 3 heteroatoms. The molecule has 14 heavy (non-hydrogen) atoms. The van der Waals surface area contributed by atoms with Crippen LogP contribution in [0.2, 0.25) is 0 Å². The van der Waals surface area contributed by atoms with Crippen molar-refractivity contribution in [1.29, 1.82) is 0 Å². The van der Waals surface area contributed by atoms with E-state index in [0.29, 0.717) is 0 Å². The summed E-state index contributed by atoms with van der Waals surface area (Å²) in [5, 5.41) is 0. The van der Waals surface area contributed by atoms with Crippen molar-refractivity contribution in [3.05, 3.63) is 23.8 Å². The van der Waals surface area contributed by atoms with Gasteiger partial charge in [0.25, 0.3) is 0 Å². The van der Waals surface area contributed by atoms with E-state index in [2.05, 4.69) is 0 Å². The van der Waals surface area contributed by atoms with Crippen LogP contribution in [0.25, 0.3) is 0 Å². The fourth-order valence-electron chi connectivity index (χ4n) is 1.23. The molecule has 0 saturated heterocycles. The van der Waals surface area contributed by atoms with Crippen LogP contribution in [0.5, 0.6) is 5.75 Å². The number of aryl methyl sites for hydroxylation is 1. The minimum atomic E-state index is -1.68. The number of methoxy groups -OCH3 is 1. The summed E-state index contributed by atoms with van der Waals surface area (Å²) < 4.78 is 16.1. The van der Waals surface area contributed by atoms with Crippen LogP contribution in [0.1, 0.15) is 18.9 Å². The van der Waals surface area contributed by atoms with Crippen LogP contribution in [0, 0.1) is 6.92 Å². The summed E-state index contributed by atoms with van der Waals surface area (Å²) in [5.74, 6) is 0.849. The summed E-state index contributed by atoms with van der Waals surface area (Å²) in [6, 6.07) is 5.83. The summed E-state index contributed by atoms with van der Waals surface area (Å²) in [4.78, 5) is 2.01. The summed E-state index contributed by atoms with van der Waals surface area (Å²) in [7, 11) is 1.65. The first-order chi connectivity index (χ1) is 6.69. The maximum absolute atomic E-state index is 9.89. The van der Waals surface area contributed by atoms with E-state index in [-0.39, 0.29) is 0 Å². The number of hydrogen-bond donors (Lipinski definition) is 1. The average molecular weight is 259 g/mol. The van der Waals surface area contributed by atoms with Gasteiger partial charge in [-0.25, -0.2) is 0 Å². The SMILES string of the molecule is CC/C=[Se](/O)c1ccc(OC)cc1C. The maximum atomic E-state index is 9.89. The molecule has 0 fully saturated rings. The molecule has 78 valence electrons. The fraction of sp³-hybridized carbons (Fsp3) is 0.364. The Morgan fingerprint density at radius 2 is 2.21 bits per heavy atom. The van der Waals surface area contributed by atoms with E-state index >= 15 is 0 Å². The van der Waals surface area contributed by atoms with Crippen LogP contribution in [0.15, 0.2) is 18.2 Å². The molecule has 0 heterocycles. The van der Waals surface area contributed by atoms with E-state index in [0.717, 1.165) is 22.2 Å². The molecule has 0 amide bonds. The predicted octanol–water partition coefficient (Wildman–Crippen LogP) is 0.988. The Labute approximate surface area is 89.3 Å². The van der Waals surface area contributed by atoms with Gasteiger partial charge in [0.15, 0.2) is 0 Å². The molecule has 0 radical (unpaired) electrons. The van der Waals surface area contributed by atoms with Crippen LogP contribution >= 0.6 is 0 Å². The third-order valence-electron chi connectivity index (χ3n) is 1.93. The molecule has 0 aliphatic carbocycles. The predicted molar refractivity (Wildman–Crippen MR) is 61.7 cm³/mol. The second-order valence-electron chi connectivity index (χ2n) is 3.02. The topological polar surface area (TPSA) is 29.5 Å². The molecule has 0 spiro atoms. The van der Waals surface area contributed by atoms with Crippen LogP contribution < -0.4 is 9.20 Å². The molecule has 0 aliphatic rings. The zero-order valence-corrected chi connectivity index (χ0v) is 10.5. The second kappa shape index (κ2) is 5.30. The van der Waals surface area contributed by atoms with Crippen LogP contribution in [-0.4, -0.2) is 30.0 Å². The quantitative estimate of drug-likeness (QED) is 0.820. The van der Waals surface area contributed by atoms with E-state index in [1.165, 1.54) is 0 Å². The number of benzene rings is 1. The molecule has 1 aromatic rings. The molecule has 1 rings (SSSR count). The van der Waals surface area contributed by atoms with Gasteiger partial charge in [-0.3, -0.25) is 0 Å². The van der Waals surface area contributed by atoms with E-state index in [1.54, 1.807) is 7.11 Å². The van der Waals surface area contributed by atoms with Gasteiger partial charge < -0.3 is 0 Å². The van der Waals surface area contributed by atoms with Crippen molar-refractivity contribution in [3.63, 3.8) is 0 Å². The van der Waals surface area contributed by atoms with Crippen molar-refractivity contribution in [2.24, 2.45) is 0 Å². The van der Waals surface area contributed by atoms with Gasteiger partial charge in [-0.15, -0.1) is 0 Å². The van der Waals surface area contributed by atoms with Crippen LogP contribution in [0.4, 0.5) is 0 Å². The number of rotatable bonds is 3. The Morgan fingerprint density at radius 3 is 2.71 bits per heavy atom. The molecular weight excluding hydrogens is 243 g/mol. The van der Waals surface area contributed by atoms with Crippen molar-refractivity contribution < 1.29 is 8.93 Å². The van der Waals surface area contributed by atoms with Gasteiger partial charge in [-0.05, 0) is 0 Å². The first-order valence-electron chi connectivity index (χ1n) is 4.59. The normalized spacial score (nSPS) is 12.9. The van der Waals surface area contributed by atoms with Gasteiger partial charge in [0, 0.05) is 0 Å². The van der Waals surface area contributed by atoms with Gasteiger partial charge in [0.05, 0.1) is 0 Å². The third kappa shape index (κ3) is 2.68. The molecule has 0 saturated carbocycles. The van der Waals surface area contributed by atoms with E-state index in [4.69, 9.17) is 4.74 Å². The first kappa shape index (κ1) is 11.4. The van der Waals surface area contributed by atoms with Crippen LogP contribution in [-0.2, 0) is 0 Å². The molecule has 2 nitrogen and oxygen atoms in total. The summed E-state index contributed by atoms with van der Waals surface area (Å²) >= 11 is -1.68. The Bertz CT molecular complexity index is 345. The third-order valence-corrected chi connectivity index (χ3v) is 5.20. The zero-order valence-electron chi connectivity index (χ0n) is 8.78.